The highest BCUT2D eigenvalue weighted by Gasteiger charge is 2.62. The fourth-order valence-electron chi connectivity index (χ4n) is 9.79. The largest absolute Gasteiger partial charge is 0.391 e. The van der Waals surface area contributed by atoms with Gasteiger partial charge >= 0.3 is 0 Å². The number of aliphatic hydroxyl groups excluding tert-OH is 1. The number of fused-ring (bicyclic) bond motifs is 5. The molecule has 0 unspecified atom stereocenters. The lowest BCUT2D eigenvalue weighted by molar-refractivity contribution is -0.169. The van der Waals surface area contributed by atoms with Gasteiger partial charge in [-0.1, -0.05) is 25.6 Å². The van der Waals surface area contributed by atoms with E-state index in [2.05, 4.69) is 32.6 Å². The topological polar surface area (TPSA) is 66.8 Å². The van der Waals surface area contributed by atoms with Crippen LogP contribution in [0.1, 0.15) is 86.0 Å². The Hall–Kier alpha value is -0.430. The van der Waals surface area contributed by atoms with Gasteiger partial charge in [-0.25, -0.2) is 0 Å². The van der Waals surface area contributed by atoms with Crippen molar-refractivity contribution in [1.29, 1.82) is 0 Å². The summed E-state index contributed by atoms with van der Waals surface area (Å²) in [5.74, 6) is 3.42. The maximum absolute atomic E-state index is 13.2. The maximum Gasteiger partial charge on any atom is 0.186 e. The van der Waals surface area contributed by atoms with Gasteiger partial charge in [0.25, 0.3) is 0 Å². The van der Waals surface area contributed by atoms with E-state index in [4.69, 9.17) is 4.74 Å². The molecule has 5 rings (SSSR count). The Morgan fingerprint density at radius 3 is 2.49 bits per heavy atom. The summed E-state index contributed by atoms with van der Waals surface area (Å²) in [6, 6.07) is 0.230. The van der Waals surface area contributed by atoms with Crippen molar-refractivity contribution in [2.24, 2.45) is 40.4 Å². The summed E-state index contributed by atoms with van der Waals surface area (Å²) in [5, 5.41) is 11.3. The number of nitrogens with zero attached hydrogens (tertiary/aromatic N) is 1. The Kier molecular flexibility index (Phi) is 7.03. The second-order valence-electron chi connectivity index (χ2n) is 13.7. The van der Waals surface area contributed by atoms with E-state index in [0.717, 1.165) is 45.4 Å². The molecule has 0 spiro atoms. The first-order chi connectivity index (χ1) is 16.4. The molecule has 1 heterocycles. The third-order valence-electron chi connectivity index (χ3n) is 11.4. The fraction of sp³-hybridized carbons (Fsp3) is 0.931. The third-order valence-corrected chi connectivity index (χ3v) is 12.3. The first-order valence-electron chi connectivity index (χ1n) is 14.2. The summed E-state index contributed by atoms with van der Waals surface area (Å²) in [6.07, 6.45) is 8.81. The molecule has 1 N–H and O–H groups in total. The van der Waals surface area contributed by atoms with Crippen molar-refractivity contribution in [2.45, 2.75) is 104 Å². The molecule has 5 aliphatic rings. The SMILES string of the molecule is CC(=O)SCC(=O)[C@H]1CC[C@H]2[C@@H]3CC[C@H]4C[C@H](O)[C@@H](N5CCOC(C)(C)C5)C[C@]4(C)[C@H]3CC[C@]12C. The minimum absolute atomic E-state index is 0.0469. The van der Waals surface area contributed by atoms with Crippen LogP contribution in [0.25, 0.3) is 0 Å². The van der Waals surface area contributed by atoms with Crippen LogP contribution in [0.2, 0.25) is 0 Å². The predicted octanol–water partition coefficient (Wildman–Crippen LogP) is 4.94. The lowest BCUT2D eigenvalue weighted by atomic mass is 9.44. The molecule has 1 saturated heterocycles. The summed E-state index contributed by atoms with van der Waals surface area (Å²) in [4.78, 5) is 27.1. The zero-order valence-corrected chi connectivity index (χ0v) is 23.4. The minimum Gasteiger partial charge on any atom is -0.391 e. The Morgan fingerprint density at radius 1 is 1.03 bits per heavy atom. The smallest absolute Gasteiger partial charge is 0.186 e. The van der Waals surface area contributed by atoms with Gasteiger partial charge in [0.15, 0.2) is 5.12 Å². The van der Waals surface area contributed by atoms with Gasteiger partial charge in [-0.05, 0) is 99.7 Å². The number of aliphatic hydroxyl groups is 1. The summed E-state index contributed by atoms with van der Waals surface area (Å²) < 4.78 is 5.99. The van der Waals surface area contributed by atoms with Gasteiger partial charge < -0.3 is 9.84 Å². The van der Waals surface area contributed by atoms with E-state index in [0.29, 0.717) is 35.2 Å². The van der Waals surface area contributed by atoms with Crippen molar-refractivity contribution in [3.63, 3.8) is 0 Å². The number of morpholine rings is 1. The predicted molar refractivity (Wildman–Crippen MR) is 140 cm³/mol. The number of ketones is 1. The van der Waals surface area contributed by atoms with Crippen molar-refractivity contribution in [3.05, 3.63) is 0 Å². The van der Waals surface area contributed by atoms with E-state index in [9.17, 15) is 14.7 Å². The maximum atomic E-state index is 13.2. The van der Waals surface area contributed by atoms with Crippen LogP contribution in [-0.4, -0.2) is 64.1 Å². The van der Waals surface area contributed by atoms with Crippen LogP contribution < -0.4 is 0 Å². The molecule has 9 atom stereocenters. The number of thioether (sulfide) groups is 1. The van der Waals surface area contributed by atoms with Crippen LogP contribution in [0.5, 0.6) is 0 Å². The van der Waals surface area contributed by atoms with Crippen molar-refractivity contribution >= 4 is 22.7 Å². The molecule has 4 aliphatic carbocycles. The average molecular weight is 506 g/mol. The molecule has 1 aliphatic heterocycles. The highest BCUT2D eigenvalue weighted by molar-refractivity contribution is 8.14. The van der Waals surface area contributed by atoms with E-state index in [1.165, 1.54) is 37.4 Å². The van der Waals surface area contributed by atoms with E-state index in [1.54, 1.807) is 6.92 Å². The molecule has 0 aromatic heterocycles. The molecule has 0 aromatic carbocycles. The average Bonchev–Trinajstić information content (AvgIpc) is 3.14. The molecule has 0 aromatic rings. The molecule has 0 radical (unpaired) electrons. The van der Waals surface area contributed by atoms with Gasteiger partial charge in [0, 0.05) is 32.0 Å². The number of carbonyl (C=O) groups excluding carboxylic acids is 2. The van der Waals surface area contributed by atoms with E-state index in [-0.39, 0.29) is 39.6 Å². The van der Waals surface area contributed by atoms with Crippen molar-refractivity contribution in [1.82, 2.24) is 4.90 Å². The number of carbonyl (C=O) groups is 2. The highest BCUT2D eigenvalue weighted by Crippen LogP contribution is 2.67. The van der Waals surface area contributed by atoms with E-state index in [1.807, 2.05) is 0 Å². The highest BCUT2D eigenvalue weighted by atomic mass is 32.2. The Balaban J connectivity index is 1.34. The Labute approximate surface area is 216 Å². The lowest BCUT2D eigenvalue weighted by Crippen LogP contribution is -2.62. The molecule has 5 nitrogen and oxygen atoms in total. The molecule has 0 amide bonds. The zero-order valence-electron chi connectivity index (χ0n) is 22.6. The van der Waals surface area contributed by atoms with Crippen LogP contribution in [0.4, 0.5) is 0 Å². The number of ether oxygens (including phenoxy) is 1. The summed E-state index contributed by atoms with van der Waals surface area (Å²) in [6.45, 7) is 13.4. The van der Waals surface area contributed by atoms with Crippen molar-refractivity contribution in [3.8, 4) is 0 Å². The van der Waals surface area contributed by atoms with Gasteiger partial charge in [-0.3, -0.25) is 14.5 Å². The van der Waals surface area contributed by atoms with Crippen LogP contribution in [-0.2, 0) is 14.3 Å². The lowest BCUT2D eigenvalue weighted by Gasteiger charge is -2.63. The fourth-order valence-corrected chi connectivity index (χ4v) is 10.3. The molecule has 6 heteroatoms. The van der Waals surface area contributed by atoms with Crippen molar-refractivity contribution < 1.29 is 19.4 Å². The van der Waals surface area contributed by atoms with Crippen LogP contribution in [0.3, 0.4) is 0 Å². The van der Waals surface area contributed by atoms with Crippen molar-refractivity contribution in [2.75, 3.05) is 25.4 Å². The summed E-state index contributed by atoms with van der Waals surface area (Å²) in [5.41, 5.74) is 0.216. The molecule has 35 heavy (non-hydrogen) atoms. The van der Waals surface area contributed by atoms with Crippen LogP contribution >= 0.6 is 11.8 Å². The van der Waals surface area contributed by atoms with Crippen LogP contribution in [0.15, 0.2) is 0 Å². The normalized spacial score (nSPS) is 47.4. The molecule has 5 fully saturated rings. The van der Waals surface area contributed by atoms with Crippen LogP contribution in [0, 0.1) is 40.4 Å². The van der Waals surface area contributed by atoms with Gasteiger partial charge in [0.1, 0.15) is 5.78 Å². The van der Waals surface area contributed by atoms with Gasteiger partial charge in [-0.15, -0.1) is 0 Å². The molecular weight excluding hydrogens is 458 g/mol. The summed E-state index contributed by atoms with van der Waals surface area (Å²) >= 11 is 1.19. The first kappa shape index (κ1) is 26.2. The molecule has 0 bridgehead atoms. The summed E-state index contributed by atoms with van der Waals surface area (Å²) in [7, 11) is 0. The standard InChI is InChI=1S/C29H47NO4S/c1-18(31)35-16-26(33)23-9-8-21-20-7-6-19-14-25(32)24(30-12-13-34-27(2,3)17-30)15-29(19,5)22(20)10-11-28(21,23)4/h19-25,32H,6-17H2,1-5H3/t19-,20-,21-,22-,23+,24-,25-,28-,29-/m0/s1. The number of Topliss-reactive ketones (excluding diaryl/α,β-unsaturated/α-hetero) is 1. The molecule has 4 saturated carbocycles. The zero-order chi connectivity index (χ0) is 25.2. The molecular formula is C29H47NO4S. The number of hydrogen-bond acceptors (Lipinski definition) is 6. The second-order valence-corrected chi connectivity index (χ2v) is 14.9. The third kappa shape index (κ3) is 4.57. The monoisotopic (exact) mass is 505 g/mol. The van der Waals surface area contributed by atoms with Gasteiger partial charge in [0.2, 0.25) is 0 Å². The van der Waals surface area contributed by atoms with Gasteiger partial charge in [0.05, 0.1) is 24.1 Å². The van der Waals surface area contributed by atoms with E-state index >= 15 is 0 Å². The van der Waals surface area contributed by atoms with E-state index < -0.39 is 0 Å². The molecule has 198 valence electrons. The Morgan fingerprint density at radius 2 is 1.77 bits per heavy atom. The van der Waals surface area contributed by atoms with Gasteiger partial charge in [-0.2, -0.15) is 0 Å². The number of rotatable bonds is 4. The second kappa shape index (κ2) is 9.39. The Bertz CT molecular complexity index is 847. The first-order valence-corrected chi connectivity index (χ1v) is 15.2. The minimum atomic E-state index is -0.236. The quantitative estimate of drug-likeness (QED) is 0.584. The number of hydrogen-bond donors (Lipinski definition) is 1.